The Morgan fingerprint density at radius 3 is 1.20 bits per heavy atom. The lowest BCUT2D eigenvalue weighted by Gasteiger charge is -2.15. The van der Waals surface area contributed by atoms with E-state index in [1.807, 2.05) is 0 Å². The Balaban J connectivity index is 2.03. The van der Waals surface area contributed by atoms with Crippen molar-refractivity contribution in [3.8, 4) is 23.0 Å². The van der Waals surface area contributed by atoms with E-state index in [-0.39, 0.29) is 11.5 Å². The van der Waals surface area contributed by atoms with Crippen molar-refractivity contribution >= 4 is 7.69 Å². The van der Waals surface area contributed by atoms with Gasteiger partial charge in [0.05, 0.1) is 0 Å². The molecule has 0 aliphatic carbocycles. The fourth-order valence-electron chi connectivity index (χ4n) is 1.71. The summed E-state index contributed by atoms with van der Waals surface area (Å²) < 4.78 is 91.2. The Morgan fingerprint density at radius 1 is 0.560 bits per heavy atom. The molecule has 25 heavy (non-hydrogen) atoms. The van der Waals surface area contributed by atoms with E-state index in [2.05, 4.69) is 9.47 Å². The summed E-state index contributed by atoms with van der Waals surface area (Å²) in [7, 11) is -0.670. The van der Waals surface area contributed by atoms with Crippen molar-refractivity contribution in [2.45, 2.75) is 12.7 Å². The molecule has 4 nitrogen and oxygen atoms in total. The van der Waals surface area contributed by atoms with Crippen molar-refractivity contribution in [3.05, 3.63) is 48.5 Å². The maximum absolute atomic E-state index is 12.3. The predicted molar refractivity (Wildman–Crippen MR) is 74.7 cm³/mol. The molecule has 0 unspecified atom stereocenters. The van der Waals surface area contributed by atoms with Gasteiger partial charge in [-0.3, -0.25) is 0 Å². The topological polar surface area (TPSA) is 36.9 Å². The molecular formula is C14H9BF6O4. The van der Waals surface area contributed by atoms with Crippen LogP contribution >= 0.6 is 0 Å². The lowest BCUT2D eigenvalue weighted by Crippen LogP contribution is -2.20. The zero-order valence-electron chi connectivity index (χ0n) is 12.2. The summed E-state index contributed by atoms with van der Waals surface area (Å²) in [5.41, 5.74) is 0. The molecule has 0 heterocycles. The molecule has 0 bridgehead atoms. The van der Waals surface area contributed by atoms with Gasteiger partial charge in [0.25, 0.3) is 0 Å². The summed E-state index contributed by atoms with van der Waals surface area (Å²) in [5, 5.41) is 0. The van der Waals surface area contributed by atoms with Crippen molar-refractivity contribution in [2.24, 2.45) is 0 Å². The van der Waals surface area contributed by atoms with Crippen molar-refractivity contribution in [2.75, 3.05) is 0 Å². The van der Waals surface area contributed by atoms with Gasteiger partial charge in [0.1, 0.15) is 11.5 Å². The van der Waals surface area contributed by atoms with Crippen LogP contribution < -0.4 is 18.8 Å². The van der Waals surface area contributed by atoms with Crippen LogP contribution in [0.15, 0.2) is 48.5 Å². The highest BCUT2D eigenvalue weighted by atomic mass is 19.4. The number of alkyl halides is 6. The normalized spacial score (nSPS) is 11.6. The fourth-order valence-corrected chi connectivity index (χ4v) is 1.71. The second-order valence-electron chi connectivity index (χ2n) is 4.40. The maximum Gasteiger partial charge on any atom is 0.576 e. The molecule has 0 aliphatic heterocycles. The Hall–Kier alpha value is -2.72. The summed E-state index contributed by atoms with van der Waals surface area (Å²) in [6, 6.07) is 9.76. The van der Waals surface area contributed by atoms with Gasteiger partial charge in [0.15, 0.2) is 11.5 Å². The average molecular weight is 366 g/mol. The second-order valence-corrected chi connectivity index (χ2v) is 4.40. The number of rotatable bonds is 6. The lowest BCUT2D eigenvalue weighted by molar-refractivity contribution is -0.275. The van der Waals surface area contributed by atoms with E-state index in [9.17, 15) is 26.3 Å². The molecule has 2 aromatic carbocycles. The van der Waals surface area contributed by atoms with Crippen molar-refractivity contribution in [1.82, 2.24) is 0 Å². The average Bonchev–Trinajstić information content (AvgIpc) is 2.48. The molecule has 134 valence electrons. The molecule has 0 fully saturated rings. The molecule has 2 aromatic rings. The van der Waals surface area contributed by atoms with Crippen LogP contribution in [0.2, 0.25) is 0 Å². The fraction of sp³-hybridized carbons (Fsp3) is 0.143. The lowest BCUT2D eigenvalue weighted by atomic mass is 10.2. The molecule has 0 saturated carbocycles. The first kappa shape index (κ1) is 18.6. The van der Waals surface area contributed by atoms with Gasteiger partial charge >= 0.3 is 20.4 Å². The third-order valence-corrected chi connectivity index (χ3v) is 2.58. The third-order valence-electron chi connectivity index (χ3n) is 2.58. The smallest absolute Gasteiger partial charge is 0.526 e. The highest BCUT2D eigenvalue weighted by Gasteiger charge is 2.33. The van der Waals surface area contributed by atoms with Crippen molar-refractivity contribution in [3.63, 3.8) is 0 Å². The van der Waals surface area contributed by atoms with Crippen LogP contribution in [-0.4, -0.2) is 20.4 Å². The van der Waals surface area contributed by atoms with Gasteiger partial charge < -0.3 is 18.8 Å². The van der Waals surface area contributed by atoms with Crippen LogP contribution in [-0.2, 0) is 0 Å². The number of hydrogen-bond acceptors (Lipinski definition) is 4. The van der Waals surface area contributed by atoms with Gasteiger partial charge in [-0.2, -0.15) is 0 Å². The maximum atomic E-state index is 12.3. The first-order chi connectivity index (χ1) is 11.6. The molecule has 0 spiro atoms. The highest BCUT2D eigenvalue weighted by molar-refractivity contribution is 6.21. The molecule has 11 heteroatoms. The monoisotopic (exact) mass is 366 g/mol. The second kappa shape index (κ2) is 7.45. The minimum Gasteiger partial charge on any atom is -0.526 e. The zero-order valence-corrected chi connectivity index (χ0v) is 12.2. The quantitative estimate of drug-likeness (QED) is 0.567. The van der Waals surface area contributed by atoms with E-state index in [0.717, 1.165) is 12.1 Å². The molecule has 0 aromatic heterocycles. The van der Waals surface area contributed by atoms with E-state index < -0.39 is 31.9 Å². The van der Waals surface area contributed by atoms with Crippen LogP contribution in [0.5, 0.6) is 23.0 Å². The molecule has 0 radical (unpaired) electrons. The molecule has 0 saturated heterocycles. The SMILES string of the molecule is FC(F)(F)Oc1ccccc1OBOc1ccccc1OC(F)(F)F. The first-order valence-corrected chi connectivity index (χ1v) is 6.59. The standard InChI is InChI=1S/C14H9BF6O4/c16-13(17,18)22-9-5-1-3-7-11(9)24-15-25-12-8-4-2-6-10(12)23-14(19,20)21/h1-8,15H. The van der Waals surface area contributed by atoms with Crippen LogP contribution in [0.1, 0.15) is 0 Å². The van der Waals surface area contributed by atoms with Gasteiger partial charge in [-0.1, -0.05) is 24.3 Å². The van der Waals surface area contributed by atoms with Gasteiger partial charge in [0.2, 0.25) is 0 Å². The summed E-state index contributed by atoms with van der Waals surface area (Å²) in [6.07, 6.45) is -9.85. The molecule has 0 aliphatic rings. The summed E-state index contributed by atoms with van der Waals surface area (Å²) >= 11 is 0. The van der Waals surface area contributed by atoms with E-state index in [1.165, 1.54) is 36.4 Å². The van der Waals surface area contributed by atoms with Gasteiger partial charge in [-0.25, -0.2) is 0 Å². The first-order valence-electron chi connectivity index (χ1n) is 6.59. The largest absolute Gasteiger partial charge is 0.576 e. The van der Waals surface area contributed by atoms with E-state index >= 15 is 0 Å². The Labute approximate surface area is 138 Å². The molecule has 0 N–H and O–H groups in total. The number of benzene rings is 2. The number of ether oxygens (including phenoxy) is 2. The van der Waals surface area contributed by atoms with Crippen LogP contribution in [0.3, 0.4) is 0 Å². The zero-order chi connectivity index (χ0) is 18.5. The Bertz CT molecular complexity index is 645. The van der Waals surface area contributed by atoms with Gasteiger partial charge in [-0.15, -0.1) is 26.3 Å². The van der Waals surface area contributed by atoms with E-state index in [0.29, 0.717) is 0 Å². The molecule has 2 rings (SSSR count). The van der Waals surface area contributed by atoms with Crippen LogP contribution in [0, 0.1) is 0 Å². The van der Waals surface area contributed by atoms with Crippen molar-refractivity contribution < 1.29 is 45.1 Å². The minimum absolute atomic E-state index is 0.297. The van der Waals surface area contributed by atoms with Crippen LogP contribution in [0.25, 0.3) is 0 Å². The predicted octanol–water partition coefficient (Wildman–Crippen LogP) is 4.21. The Morgan fingerprint density at radius 2 is 0.880 bits per heavy atom. The van der Waals surface area contributed by atoms with E-state index in [1.54, 1.807) is 0 Å². The third kappa shape index (κ3) is 6.36. The Kier molecular flexibility index (Phi) is 5.55. The summed E-state index contributed by atoms with van der Waals surface area (Å²) in [4.78, 5) is 0. The number of halogens is 6. The van der Waals surface area contributed by atoms with Gasteiger partial charge in [-0.05, 0) is 24.3 Å². The number of hydrogen-bond donors (Lipinski definition) is 0. The highest BCUT2D eigenvalue weighted by Crippen LogP contribution is 2.33. The summed E-state index contributed by atoms with van der Waals surface area (Å²) in [5.74, 6) is -1.82. The minimum atomic E-state index is -4.92. The van der Waals surface area contributed by atoms with Crippen molar-refractivity contribution in [1.29, 1.82) is 0 Å². The molecular weight excluding hydrogens is 357 g/mol. The molecule has 0 atom stereocenters. The number of para-hydroxylation sites is 4. The summed E-state index contributed by atoms with van der Waals surface area (Å²) in [6.45, 7) is 0. The van der Waals surface area contributed by atoms with E-state index in [4.69, 9.17) is 9.31 Å². The molecule has 0 amide bonds. The van der Waals surface area contributed by atoms with Crippen LogP contribution in [0.4, 0.5) is 26.3 Å². The van der Waals surface area contributed by atoms with Gasteiger partial charge in [0, 0.05) is 0 Å².